The van der Waals surface area contributed by atoms with Gasteiger partial charge in [0.05, 0.1) is 0 Å². The largest absolute Gasteiger partial charge is 0.343 e. The number of nitrogens with one attached hydrogen (secondary N) is 1. The fourth-order valence-corrected chi connectivity index (χ4v) is 3.00. The molecule has 1 aliphatic heterocycles. The van der Waals surface area contributed by atoms with Gasteiger partial charge in [0, 0.05) is 12.1 Å². The van der Waals surface area contributed by atoms with Gasteiger partial charge in [0.1, 0.15) is 11.6 Å². The first-order valence-corrected chi connectivity index (χ1v) is 6.83. The molecular formula is C13H19ClN2O2. The molecule has 1 atom stereocenters. The molecule has 2 aliphatic rings. The third kappa shape index (κ3) is 2.03. The molecule has 5 heteroatoms. The SMILES string of the molecule is CC(=CCl)CN1C(=O)C(C)NC(=O)C12CCCC2. The minimum Gasteiger partial charge on any atom is -0.343 e. The van der Waals surface area contributed by atoms with Crippen LogP contribution >= 0.6 is 11.6 Å². The van der Waals surface area contributed by atoms with E-state index in [1.54, 1.807) is 11.8 Å². The maximum atomic E-state index is 12.3. The van der Waals surface area contributed by atoms with Crippen molar-refractivity contribution in [3.05, 3.63) is 11.1 Å². The summed E-state index contributed by atoms with van der Waals surface area (Å²) in [7, 11) is 0. The highest BCUT2D eigenvalue weighted by molar-refractivity contribution is 6.25. The monoisotopic (exact) mass is 270 g/mol. The normalized spacial score (nSPS) is 27.8. The maximum absolute atomic E-state index is 12.3. The van der Waals surface area contributed by atoms with Gasteiger partial charge in [0.25, 0.3) is 0 Å². The molecule has 100 valence electrons. The third-order valence-electron chi connectivity index (χ3n) is 3.95. The Bertz CT molecular complexity index is 400. The van der Waals surface area contributed by atoms with Gasteiger partial charge >= 0.3 is 0 Å². The van der Waals surface area contributed by atoms with Crippen molar-refractivity contribution < 1.29 is 9.59 Å². The predicted molar refractivity (Wildman–Crippen MR) is 70.1 cm³/mol. The second kappa shape index (κ2) is 4.92. The van der Waals surface area contributed by atoms with E-state index in [0.29, 0.717) is 6.54 Å². The smallest absolute Gasteiger partial charge is 0.246 e. The Morgan fingerprint density at radius 2 is 2.11 bits per heavy atom. The summed E-state index contributed by atoms with van der Waals surface area (Å²) in [6.07, 6.45) is 3.50. The Hall–Kier alpha value is -1.03. The van der Waals surface area contributed by atoms with Gasteiger partial charge in [-0.2, -0.15) is 0 Å². The van der Waals surface area contributed by atoms with Crippen LogP contribution in [-0.2, 0) is 9.59 Å². The molecule has 0 aromatic heterocycles. The predicted octanol–water partition coefficient (Wildman–Crippen LogP) is 1.79. The fraction of sp³-hybridized carbons (Fsp3) is 0.692. The number of rotatable bonds is 2. The number of halogens is 1. The van der Waals surface area contributed by atoms with Crippen molar-refractivity contribution in [2.75, 3.05) is 6.54 Å². The van der Waals surface area contributed by atoms with Crippen molar-refractivity contribution >= 4 is 23.4 Å². The molecule has 0 bridgehead atoms. The van der Waals surface area contributed by atoms with Crippen LogP contribution in [0.3, 0.4) is 0 Å². The molecule has 4 nitrogen and oxygen atoms in total. The summed E-state index contributed by atoms with van der Waals surface area (Å²) in [5.41, 5.74) is 1.75. The highest BCUT2D eigenvalue weighted by Gasteiger charge is 2.52. The van der Waals surface area contributed by atoms with E-state index >= 15 is 0 Å². The number of hydrogen-bond donors (Lipinski definition) is 1. The second-order valence-corrected chi connectivity index (χ2v) is 5.53. The highest BCUT2D eigenvalue weighted by atomic mass is 35.5. The quantitative estimate of drug-likeness (QED) is 0.832. The fourth-order valence-electron chi connectivity index (χ4n) is 2.93. The lowest BCUT2D eigenvalue weighted by molar-refractivity contribution is -0.156. The van der Waals surface area contributed by atoms with E-state index in [-0.39, 0.29) is 11.8 Å². The summed E-state index contributed by atoms with van der Waals surface area (Å²) in [4.78, 5) is 26.4. The van der Waals surface area contributed by atoms with Crippen LogP contribution in [-0.4, -0.2) is 34.8 Å². The van der Waals surface area contributed by atoms with E-state index in [1.165, 1.54) is 5.54 Å². The summed E-state index contributed by atoms with van der Waals surface area (Å²) >= 11 is 5.69. The second-order valence-electron chi connectivity index (χ2n) is 5.31. The molecule has 2 rings (SSSR count). The average Bonchev–Trinajstić information content (AvgIpc) is 2.83. The van der Waals surface area contributed by atoms with E-state index in [1.807, 2.05) is 6.92 Å². The van der Waals surface area contributed by atoms with Crippen LogP contribution in [0.5, 0.6) is 0 Å². The molecule has 0 aromatic rings. The van der Waals surface area contributed by atoms with Crippen LogP contribution in [0.15, 0.2) is 11.1 Å². The zero-order valence-electron chi connectivity index (χ0n) is 10.8. The number of hydrogen-bond acceptors (Lipinski definition) is 2. The van der Waals surface area contributed by atoms with Crippen LogP contribution < -0.4 is 5.32 Å². The van der Waals surface area contributed by atoms with Gasteiger partial charge < -0.3 is 10.2 Å². The number of nitrogens with zero attached hydrogens (tertiary/aromatic N) is 1. The van der Waals surface area contributed by atoms with Crippen molar-refractivity contribution in [2.45, 2.75) is 51.1 Å². The molecule has 1 aliphatic carbocycles. The lowest BCUT2D eigenvalue weighted by Gasteiger charge is -2.45. The van der Waals surface area contributed by atoms with Crippen molar-refractivity contribution in [1.29, 1.82) is 0 Å². The standard InChI is InChI=1S/C13H19ClN2O2/c1-9(7-14)8-16-11(17)10(2)15-12(18)13(16)5-3-4-6-13/h7,10H,3-6,8H2,1-2H3,(H,15,18). The highest BCUT2D eigenvalue weighted by Crippen LogP contribution is 2.38. The van der Waals surface area contributed by atoms with Gasteiger partial charge in [0.15, 0.2) is 0 Å². The molecule has 1 saturated heterocycles. The van der Waals surface area contributed by atoms with Crippen molar-refractivity contribution in [3.63, 3.8) is 0 Å². The number of amides is 2. The van der Waals surface area contributed by atoms with Crippen LogP contribution in [0.25, 0.3) is 0 Å². The third-order valence-corrected chi connectivity index (χ3v) is 4.32. The maximum Gasteiger partial charge on any atom is 0.246 e. The van der Waals surface area contributed by atoms with Crippen molar-refractivity contribution in [2.24, 2.45) is 0 Å². The summed E-state index contributed by atoms with van der Waals surface area (Å²) in [5.74, 6) is -0.0103. The Morgan fingerprint density at radius 1 is 1.50 bits per heavy atom. The molecule has 1 spiro atoms. The number of carbonyl (C=O) groups is 2. The van der Waals surface area contributed by atoms with Crippen molar-refractivity contribution in [3.8, 4) is 0 Å². The molecule has 0 radical (unpaired) electrons. The van der Waals surface area contributed by atoms with Crippen LogP contribution in [0, 0.1) is 0 Å². The van der Waals surface area contributed by atoms with Crippen LogP contribution in [0.4, 0.5) is 0 Å². The molecule has 1 saturated carbocycles. The zero-order chi connectivity index (χ0) is 13.3. The lowest BCUT2D eigenvalue weighted by Crippen LogP contribution is -2.69. The van der Waals surface area contributed by atoms with E-state index < -0.39 is 11.6 Å². The van der Waals surface area contributed by atoms with Gasteiger partial charge in [-0.05, 0) is 32.3 Å². The molecular weight excluding hydrogens is 252 g/mol. The minimum atomic E-state index is -0.634. The first kappa shape index (κ1) is 13.4. The van der Waals surface area contributed by atoms with E-state index in [9.17, 15) is 9.59 Å². The Kier molecular flexibility index (Phi) is 3.66. The van der Waals surface area contributed by atoms with E-state index in [2.05, 4.69) is 5.32 Å². The summed E-state index contributed by atoms with van der Waals surface area (Å²) in [5, 5.41) is 2.80. The zero-order valence-corrected chi connectivity index (χ0v) is 11.6. The molecule has 2 amide bonds. The lowest BCUT2D eigenvalue weighted by atomic mass is 9.89. The topological polar surface area (TPSA) is 49.4 Å². The van der Waals surface area contributed by atoms with Gasteiger partial charge in [-0.3, -0.25) is 9.59 Å². The van der Waals surface area contributed by atoms with Gasteiger partial charge in [0.2, 0.25) is 11.8 Å². The first-order valence-electron chi connectivity index (χ1n) is 6.39. The van der Waals surface area contributed by atoms with Gasteiger partial charge in [-0.15, -0.1) is 0 Å². The Balaban J connectivity index is 2.33. The molecule has 2 fully saturated rings. The van der Waals surface area contributed by atoms with Crippen molar-refractivity contribution in [1.82, 2.24) is 10.2 Å². The minimum absolute atomic E-state index is 0.00512. The number of carbonyl (C=O) groups excluding carboxylic acids is 2. The van der Waals surface area contributed by atoms with Crippen LogP contribution in [0.2, 0.25) is 0 Å². The van der Waals surface area contributed by atoms with Crippen LogP contribution in [0.1, 0.15) is 39.5 Å². The van der Waals surface area contributed by atoms with E-state index in [0.717, 1.165) is 31.3 Å². The van der Waals surface area contributed by atoms with Gasteiger partial charge in [-0.25, -0.2) is 0 Å². The van der Waals surface area contributed by atoms with E-state index in [4.69, 9.17) is 11.6 Å². The summed E-state index contributed by atoms with van der Waals surface area (Å²) < 4.78 is 0. The van der Waals surface area contributed by atoms with Gasteiger partial charge in [-0.1, -0.05) is 24.4 Å². The number of piperazine rings is 1. The Labute approximate surface area is 112 Å². The summed E-state index contributed by atoms with van der Waals surface area (Å²) in [6.45, 7) is 4.05. The molecule has 1 N–H and O–H groups in total. The molecule has 0 aromatic carbocycles. The first-order chi connectivity index (χ1) is 8.51. The Morgan fingerprint density at radius 3 is 2.67 bits per heavy atom. The summed E-state index contributed by atoms with van der Waals surface area (Å²) in [6, 6.07) is -0.438. The molecule has 1 heterocycles. The average molecular weight is 271 g/mol. The molecule has 18 heavy (non-hydrogen) atoms. The molecule has 1 unspecified atom stereocenters.